The number of nitrogens with zero attached hydrogens (tertiary/aromatic N) is 1. The summed E-state index contributed by atoms with van der Waals surface area (Å²) in [6.07, 6.45) is 7.08. The van der Waals surface area contributed by atoms with Crippen LogP contribution in [0.1, 0.15) is 12.8 Å². The van der Waals surface area contributed by atoms with Crippen LogP contribution in [-0.4, -0.2) is 45.8 Å². The van der Waals surface area contributed by atoms with Crippen molar-refractivity contribution in [3.63, 3.8) is 0 Å². The number of rotatable bonds is 5. The molecule has 6 heteroatoms. The summed E-state index contributed by atoms with van der Waals surface area (Å²) in [6.45, 7) is 0. The lowest BCUT2D eigenvalue weighted by atomic mass is 9.85. The van der Waals surface area contributed by atoms with Crippen LogP contribution in [0.15, 0.2) is 12.2 Å². The van der Waals surface area contributed by atoms with Gasteiger partial charge in [0.05, 0.1) is 11.8 Å². The summed E-state index contributed by atoms with van der Waals surface area (Å²) in [5.74, 6) is -1.38. The lowest BCUT2D eigenvalue weighted by Gasteiger charge is -2.24. The van der Waals surface area contributed by atoms with Crippen molar-refractivity contribution in [1.29, 1.82) is 0 Å². The Kier molecular flexibility index (Phi) is 3.36. The third-order valence-electron chi connectivity index (χ3n) is 4.70. The van der Waals surface area contributed by atoms with E-state index in [0.717, 1.165) is 11.3 Å². The molecule has 2 aliphatic carbocycles. The fourth-order valence-corrected chi connectivity index (χ4v) is 4.28. The second kappa shape index (κ2) is 4.91. The molecule has 0 spiro atoms. The molecule has 1 aliphatic heterocycles. The van der Waals surface area contributed by atoms with Crippen LogP contribution in [0.4, 0.5) is 0 Å². The number of likely N-dealkylation sites (tertiary alicyclic amines) is 1. The summed E-state index contributed by atoms with van der Waals surface area (Å²) < 4.78 is 0. The summed E-state index contributed by atoms with van der Waals surface area (Å²) in [5.41, 5.74) is 0. The highest BCUT2D eigenvalue weighted by molar-refractivity contribution is 7.98. The number of carbonyl (C=O) groups is 3. The number of carboxylic acids is 1. The molecular formula is C14H17NO4S. The van der Waals surface area contributed by atoms with E-state index >= 15 is 0 Å². The zero-order valence-electron chi connectivity index (χ0n) is 11.2. The Balaban J connectivity index is 1.86. The maximum atomic E-state index is 12.5. The number of fused-ring (bicyclic) bond motifs is 5. The Morgan fingerprint density at radius 1 is 1.35 bits per heavy atom. The first kappa shape index (κ1) is 13.7. The average Bonchev–Trinajstić information content (AvgIpc) is 3.07. The zero-order valence-corrected chi connectivity index (χ0v) is 12.0. The molecule has 0 aromatic heterocycles. The molecule has 108 valence electrons. The molecular weight excluding hydrogens is 278 g/mol. The molecule has 5 nitrogen and oxygen atoms in total. The topological polar surface area (TPSA) is 74.7 Å². The van der Waals surface area contributed by atoms with Gasteiger partial charge in [-0.2, -0.15) is 11.8 Å². The molecule has 20 heavy (non-hydrogen) atoms. The van der Waals surface area contributed by atoms with E-state index in [1.807, 2.05) is 18.4 Å². The van der Waals surface area contributed by atoms with Crippen molar-refractivity contribution >= 4 is 29.5 Å². The van der Waals surface area contributed by atoms with Gasteiger partial charge in [-0.1, -0.05) is 12.2 Å². The summed E-state index contributed by atoms with van der Waals surface area (Å²) in [4.78, 5) is 37.4. The number of hydrogen-bond acceptors (Lipinski definition) is 4. The molecule has 1 N–H and O–H groups in total. The van der Waals surface area contributed by atoms with E-state index in [1.165, 1.54) is 11.8 Å². The summed E-state index contributed by atoms with van der Waals surface area (Å²) in [5, 5.41) is 9.34. The van der Waals surface area contributed by atoms with Crippen molar-refractivity contribution in [2.24, 2.45) is 23.7 Å². The fourth-order valence-electron chi connectivity index (χ4n) is 3.83. The van der Waals surface area contributed by atoms with E-state index in [9.17, 15) is 19.5 Å². The number of hydrogen-bond donors (Lipinski definition) is 1. The van der Waals surface area contributed by atoms with Crippen LogP contribution in [0, 0.1) is 23.7 Å². The first-order valence-corrected chi connectivity index (χ1v) is 8.22. The van der Waals surface area contributed by atoms with Gasteiger partial charge in [0.15, 0.2) is 0 Å². The largest absolute Gasteiger partial charge is 0.480 e. The molecule has 0 aromatic rings. The Morgan fingerprint density at radius 3 is 2.35 bits per heavy atom. The van der Waals surface area contributed by atoms with Crippen molar-refractivity contribution in [2.75, 3.05) is 12.0 Å². The van der Waals surface area contributed by atoms with Crippen LogP contribution in [0.3, 0.4) is 0 Å². The highest BCUT2D eigenvalue weighted by atomic mass is 32.2. The van der Waals surface area contributed by atoms with E-state index < -0.39 is 12.0 Å². The molecule has 0 unspecified atom stereocenters. The van der Waals surface area contributed by atoms with Gasteiger partial charge in [0.1, 0.15) is 6.04 Å². The quantitative estimate of drug-likeness (QED) is 0.605. The average molecular weight is 295 g/mol. The van der Waals surface area contributed by atoms with Crippen molar-refractivity contribution in [1.82, 2.24) is 4.90 Å². The highest BCUT2D eigenvalue weighted by Gasteiger charge is 2.61. The second-order valence-electron chi connectivity index (χ2n) is 5.68. The second-order valence-corrected chi connectivity index (χ2v) is 6.67. The Hall–Kier alpha value is -1.30. The minimum absolute atomic E-state index is 0.126. The smallest absolute Gasteiger partial charge is 0.326 e. The van der Waals surface area contributed by atoms with Gasteiger partial charge >= 0.3 is 5.97 Å². The van der Waals surface area contributed by atoms with Crippen LogP contribution in [-0.2, 0) is 14.4 Å². The summed E-state index contributed by atoms with van der Waals surface area (Å²) in [6, 6.07) is -1.01. The van der Waals surface area contributed by atoms with Crippen LogP contribution in [0.25, 0.3) is 0 Å². The van der Waals surface area contributed by atoms with Gasteiger partial charge in [0, 0.05) is 0 Å². The molecule has 2 amide bonds. The minimum atomic E-state index is -1.08. The summed E-state index contributed by atoms with van der Waals surface area (Å²) in [7, 11) is 0. The first-order valence-electron chi connectivity index (χ1n) is 6.83. The number of carboxylic acid groups (broad SMARTS) is 1. The minimum Gasteiger partial charge on any atom is -0.480 e. The lowest BCUT2D eigenvalue weighted by molar-refractivity contribution is -0.155. The highest BCUT2D eigenvalue weighted by Crippen LogP contribution is 2.52. The fraction of sp³-hybridized carbons (Fsp3) is 0.643. The monoisotopic (exact) mass is 295 g/mol. The van der Waals surface area contributed by atoms with Crippen molar-refractivity contribution in [3.05, 3.63) is 12.2 Å². The van der Waals surface area contributed by atoms with Crippen LogP contribution in [0.5, 0.6) is 0 Å². The standard InChI is InChI=1S/C14H17NO4S/c1-20-5-4-9(14(18)19)15-12(16)10-7-2-3-8(6-7)11(10)13(15)17/h2-3,7-11H,4-6H2,1H3,(H,18,19)/t7-,8-,9+,10+,11+/m0/s1. The predicted molar refractivity (Wildman–Crippen MR) is 74.0 cm³/mol. The molecule has 0 radical (unpaired) electrons. The Labute approximate surface area is 121 Å². The van der Waals surface area contributed by atoms with E-state index in [-0.39, 0.29) is 35.5 Å². The van der Waals surface area contributed by atoms with Gasteiger partial charge in [0.2, 0.25) is 11.8 Å². The molecule has 1 saturated carbocycles. The van der Waals surface area contributed by atoms with Crippen LogP contribution < -0.4 is 0 Å². The summed E-state index contributed by atoms with van der Waals surface area (Å²) >= 11 is 1.52. The third-order valence-corrected chi connectivity index (χ3v) is 5.34. The lowest BCUT2D eigenvalue weighted by Crippen LogP contribution is -2.46. The zero-order chi connectivity index (χ0) is 14.4. The maximum absolute atomic E-state index is 12.5. The van der Waals surface area contributed by atoms with Crippen LogP contribution in [0.2, 0.25) is 0 Å². The molecule has 1 saturated heterocycles. The predicted octanol–water partition coefficient (Wildman–Crippen LogP) is 1.000. The van der Waals surface area contributed by atoms with Crippen molar-refractivity contribution in [3.8, 4) is 0 Å². The van der Waals surface area contributed by atoms with E-state index in [1.54, 1.807) is 0 Å². The van der Waals surface area contributed by atoms with Gasteiger partial charge < -0.3 is 5.11 Å². The molecule has 3 aliphatic rings. The maximum Gasteiger partial charge on any atom is 0.326 e. The molecule has 5 atom stereocenters. The number of thioether (sulfide) groups is 1. The molecule has 2 bridgehead atoms. The molecule has 1 heterocycles. The van der Waals surface area contributed by atoms with Gasteiger partial charge in [-0.25, -0.2) is 4.79 Å². The van der Waals surface area contributed by atoms with Crippen molar-refractivity contribution < 1.29 is 19.5 Å². The number of imide groups is 1. The number of carbonyl (C=O) groups excluding carboxylic acids is 2. The van der Waals surface area contributed by atoms with Gasteiger partial charge in [-0.15, -0.1) is 0 Å². The van der Waals surface area contributed by atoms with Crippen molar-refractivity contribution in [2.45, 2.75) is 18.9 Å². The van der Waals surface area contributed by atoms with Gasteiger partial charge in [-0.3, -0.25) is 14.5 Å². The SMILES string of the molecule is CSCC[C@H](C(=O)O)N1C(=O)[C@H]2[C@H](C1=O)[C@H]1C=C[C@H]2C1. The van der Waals surface area contributed by atoms with E-state index in [2.05, 4.69) is 0 Å². The molecule has 2 fully saturated rings. The molecule has 3 rings (SSSR count). The number of aliphatic carboxylic acids is 1. The third kappa shape index (κ3) is 1.81. The van der Waals surface area contributed by atoms with E-state index in [4.69, 9.17) is 0 Å². The normalized spacial score (nSPS) is 35.8. The van der Waals surface area contributed by atoms with Gasteiger partial charge in [0.25, 0.3) is 0 Å². The Bertz CT molecular complexity index is 473. The Morgan fingerprint density at radius 2 is 1.90 bits per heavy atom. The molecule has 0 aromatic carbocycles. The van der Waals surface area contributed by atoms with Gasteiger partial charge in [-0.05, 0) is 36.7 Å². The van der Waals surface area contributed by atoms with E-state index in [0.29, 0.717) is 12.2 Å². The van der Waals surface area contributed by atoms with Crippen LogP contribution >= 0.6 is 11.8 Å². The first-order chi connectivity index (χ1) is 9.56. The number of allylic oxidation sites excluding steroid dienone is 2. The number of amides is 2.